The van der Waals surface area contributed by atoms with Crippen LogP contribution in [0.3, 0.4) is 0 Å². The van der Waals surface area contributed by atoms with Crippen molar-refractivity contribution in [1.82, 2.24) is 0 Å². The van der Waals surface area contributed by atoms with Gasteiger partial charge < -0.3 is 4.74 Å². The number of carbonyl (C=O) groups is 1. The number of halogens is 1. The van der Waals surface area contributed by atoms with Crippen LogP contribution in [0, 0.1) is 21.4 Å². The van der Waals surface area contributed by atoms with Crippen molar-refractivity contribution < 1.29 is 14.5 Å². The molecule has 0 aromatic heterocycles. The fraction of sp³-hybridized carbons (Fsp3) is 0.167. The Morgan fingerprint density at radius 2 is 2.32 bits per heavy atom. The molecule has 0 aliphatic rings. The summed E-state index contributed by atoms with van der Waals surface area (Å²) in [5.74, 6) is -0.775. The first-order valence-electron chi connectivity index (χ1n) is 5.22. The van der Waals surface area contributed by atoms with E-state index in [-0.39, 0.29) is 22.9 Å². The van der Waals surface area contributed by atoms with Crippen LogP contribution in [0.2, 0.25) is 5.02 Å². The highest BCUT2D eigenvalue weighted by Crippen LogP contribution is 2.26. The number of carbonyl (C=O) groups excluding carboxylic acids is 1. The summed E-state index contributed by atoms with van der Waals surface area (Å²) in [5.41, 5.74) is -0.212. The number of ether oxygens (including phenoxy) is 1. The highest BCUT2D eigenvalue weighted by molar-refractivity contribution is 6.32. The molecule has 0 N–H and O–H groups in total. The van der Waals surface area contributed by atoms with Crippen molar-refractivity contribution in [3.8, 4) is 6.07 Å². The van der Waals surface area contributed by atoms with Gasteiger partial charge in [0.1, 0.15) is 16.7 Å². The van der Waals surface area contributed by atoms with E-state index >= 15 is 0 Å². The van der Waals surface area contributed by atoms with Gasteiger partial charge >= 0.3 is 5.97 Å². The van der Waals surface area contributed by atoms with Gasteiger partial charge in [-0.25, -0.2) is 4.79 Å². The molecule has 0 fully saturated rings. The van der Waals surface area contributed by atoms with Gasteiger partial charge in [0, 0.05) is 6.07 Å². The quantitative estimate of drug-likeness (QED) is 0.278. The van der Waals surface area contributed by atoms with Crippen molar-refractivity contribution in [3.63, 3.8) is 0 Å². The van der Waals surface area contributed by atoms with Crippen LogP contribution in [-0.2, 0) is 9.53 Å². The lowest BCUT2D eigenvalue weighted by molar-refractivity contribution is -0.384. The van der Waals surface area contributed by atoms with E-state index in [1.165, 1.54) is 24.3 Å². The molecule has 0 unspecified atom stereocenters. The van der Waals surface area contributed by atoms with Crippen molar-refractivity contribution in [2.75, 3.05) is 6.61 Å². The number of nitro benzene ring substituents is 1. The normalized spacial score (nSPS) is 10.7. The first kappa shape index (κ1) is 14.7. The number of benzene rings is 1. The second-order valence-electron chi connectivity index (χ2n) is 3.36. The van der Waals surface area contributed by atoms with Crippen molar-refractivity contribution in [2.24, 2.45) is 0 Å². The fourth-order valence-electron chi connectivity index (χ4n) is 1.27. The van der Waals surface area contributed by atoms with E-state index in [0.717, 1.165) is 0 Å². The monoisotopic (exact) mass is 280 g/mol. The fourth-order valence-corrected chi connectivity index (χ4v) is 1.46. The maximum atomic E-state index is 11.4. The molecule has 6 nitrogen and oxygen atoms in total. The average molecular weight is 281 g/mol. The summed E-state index contributed by atoms with van der Waals surface area (Å²) in [6.45, 7) is 1.75. The Balaban J connectivity index is 3.17. The number of nitro groups is 1. The van der Waals surface area contributed by atoms with Crippen LogP contribution in [0.1, 0.15) is 12.5 Å². The smallest absolute Gasteiger partial charge is 0.348 e. The van der Waals surface area contributed by atoms with Gasteiger partial charge in [-0.3, -0.25) is 10.1 Å². The zero-order valence-electron chi connectivity index (χ0n) is 9.92. The molecular formula is C12H9ClN2O4. The molecule has 0 bridgehead atoms. The molecule has 0 aliphatic heterocycles. The third kappa shape index (κ3) is 3.79. The third-order valence-corrected chi connectivity index (χ3v) is 2.41. The molecule has 1 aromatic rings. The maximum absolute atomic E-state index is 11.4. The Morgan fingerprint density at radius 3 is 2.84 bits per heavy atom. The minimum absolute atomic E-state index is 0.0169. The molecule has 0 spiro atoms. The third-order valence-electron chi connectivity index (χ3n) is 2.09. The number of nitrogens with zero attached hydrogens (tertiary/aromatic N) is 2. The first-order chi connectivity index (χ1) is 8.99. The minimum atomic E-state index is -0.775. The molecule has 0 saturated heterocycles. The van der Waals surface area contributed by atoms with Crippen LogP contribution >= 0.6 is 11.6 Å². The summed E-state index contributed by atoms with van der Waals surface area (Å²) in [4.78, 5) is 21.5. The molecule has 0 amide bonds. The topological polar surface area (TPSA) is 93.2 Å². The van der Waals surface area contributed by atoms with Crippen molar-refractivity contribution in [1.29, 1.82) is 5.26 Å². The van der Waals surface area contributed by atoms with E-state index in [9.17, 15) is 14.9 Å². The van der Waals surface area contributed by atoms with Gasteiger partial charge in [0.05, 0.1) is 11.5 Å². The summed E-state index contributed by atoms with van der Waals surface area (Å²) >= 11 is 5.65. The van der Waals surface area contributed by atoms with Crippen LogP contribution in [0.25, 0.3) is 6.08 Å². The van der Waals surface area contributed by atoms with Crippen LogP contribution in [0.15, 0.2) is 23.8 Å². The van der Waals surface area contributed by atoms with Gasteiger partial charge in [-0.15, -0.1) is 0 Å². The maximum Gasteiger partial charge on any atom is 0.348 e. The van der Waals surface area contributed by atoms with E-state index in [1.807, 2.05) is 0 Å². The molecule has 0 saturated carbocycles. The van der Waals surface area contributed by atoms with Gasteiger partial charge in [-0.1, -0.05) is 17.7 Å². The molecule has 0 aliphatic carbocycles. The summed E-state index contributed by atoms with van der Waals surface area (Å²) in [6.07, 6.45) is 1.21. The zero-order valence-corrected chi connectivity index (χ0v) is 10.7. The van der Waals surface area contributed by atoms with E-state index in [2.05, 4.69) is 4.74 Å². The lowest BCUT2D eigenvalue weighted by Crippen LogP contribution is -2.06. The minimum Gasteiger partial charge on any atom is -0.462 e. The second kappa shape index (κ2) is 6.52. The summed E-state index contributed by atoms with van der Waals surface area (Å²) in [5, 5.41) is 19.5. The molecule has 7 heteroatoms. The van der Waals surface area contributed by atoms with Crippen LogP contribution < -0.4 is 0 Å². The van der Waals surface area contributed by atoms with Crippen LogP contribution in [0.5, 0.6) is 0 Å². The molecular weight excluding hydrogens is 272 g/mol. The van der Waals surface area contributed by atoms with Gasteiger partial charge in [0.2, 0.25) is 0 Å². The molecule has 98 valence electrons. The largest absolute Gasteiger partial charge is 0.462 e. The average Bonchev–Trinajstić information content (AvgIpc) is 2.37. The first-order valence-corrected chi connectivity index (χ1v) is 5.60. The summed E-state index contributed by atoms with van der Waals surface area (Å²) in [6, 6.07) is 5.65. The molecule has 0 atom stereocenters. The Morgan fingerprint density at radius 1 is 1.63 bits per heavy atom. The highest BCUT2D eigenvalue weighted by Gasteiger charge is 2.14. The van der Waals surface area contributed by atoms with E-state index in [0.29, 0.717) is 5.56 Å². The number of rotatable bonds is 4. The van der Waals surface area contributed by atoms with E-state index in [4.69, 9.17) is 16.9 Å². The van der Waals surface area contributed by atoms with Crippen molar-refractivity contribution >= 4 is 29.3 Å². The second-order valence-corrected chi connectivity index (χ2v) is 3.77. The molecule has 1 aromatic carbocycles. The van der Waals surface area contributed by atoms with Crippen LogP contribution in [0.4, 0.5) is 5.69 Å². The lowest BCUT2D eigenvalue weighted by atomic mass is 10.1. The van der Waals surface area contributed by atoms with Gasteiger partial charge in [-0.2, -0.15) is 5.26 Å². The predicted molar refractivity (Wildman–Crippen MR) is 68.3 cm³/mol. The Kier molecular flexibility index (Phi) is 5.03. The van der Waals surface area contributed by atoms with E-state index in [1.54, 1.807) is 13.0 Å². The Bertz CT molecular complexity index is 590. The van der Waals surface area contributed by atoms with Gasteiger partial charge in [0.15, 0.2) is 0 Å². The summed E-state index contributed by atoms with van der Waals surface area (Å²) < 4.78 is 4.68. The number of hydrogen-bond donors (Lipinski definition) is 0. The van der Waals surface area contributed by atoms with Crippen LogP contribution in [-0.4, -0.2) is 17.5 Å². The van der Waals surface area contributed by atoms with Crippen molar-refractivity contribution in [3.05, 3.63) is 44.5 Å². The number of hydrogen-bond acceptors (Lipinski definition) is 5. The van der Waals surface area contributed by atoms with Gasteiger partial charge in [-0.05, 0) is 24.6 Å². The van der Waals surface area contributed by atoms with E-state index < -0.39 is 10.9 Å². The number of esters is 1. The molecule has 0 heterocycles. The zero-order chi connectivity index (χ0) is 14.4. The lowest BCUT2D eigenvalue weighted by Gasteiger charge is -2.00. The Hall–Kier alpha value is -2.39. The molecule has 1 rings (SSSR count). The predicted octanol–water partition coefficient (Wildman–Crippen LogP) is 2.72. The SMILES string of the molecule is CCOC(=O)/C(C#N)=C/c1ccc(Cl)c([N+](=O)[O-])c1. The Labute approximate surface area is 114 Å². The highest BCUT2D eigenvalue weighted by atomic mass is 35.5. The van der Waals surface area contributed by atoms with Crippen molar-refractivity contribution in [2.45, 2.75) is 6.92 Å². The molecule has 19 heavy (non-hydrogen) atoms. The molecule has 0 radical (unpaired) electrons. The number of nitriles is 1. The summed E-state index contributed by atoms with van der Waals surface area (Å²) in [7, 11) is 0. The standard InChI is InChI=1S/C12H9ClN2O4/c1-2-19-12(16)9(7-14)5-8-3-4-10(13)11(6-8)15(17)18/h3-6H,2H2,1H3/b9-5+. The van der Waals surface area contributed by atoms with Gasteiger partial charge in [0.25, 0.3) is 5.69 Å².